The number of carbonyl (C=O) groups is 1. The van der Waals surface area contributed by atoms with E-state index in [2.05, 4.69) is 10.2 Å². The molecule has 3 rings (SSSR count). The standard InChI is InChI=1S/C15H18N4O2S/c1-18-14(16-17-15(18)22)11-6-8-19(9-7-11)13(20)5-4-12-3-2-10-21-12/h2-5,10-11H,6-9H2,1H3,(H,17,22). The van der Waals surface area contributed by atoms with E-state index >= 15 is 0 Å². The fourth-order valence-electron chi connectivity index (χ4n) is 2.73. The number of rotatable bonds is 3. The van der Waals surface area contributed by atoms with Gasteiger partial charge in [-0.2, -0.15) is 5.10 Å². The molecule has 1 saturated heterocycles. The quantitative estimate of drug-likeness (QED) is 0.697. The van der Waals surface area contributed by atoms with Crippen molar-refractivity contribution in [1.29, 1.82) is 0 Å². The average molecular weight is 318 g/mol. The zero-order valence-electron chi connectivity index (χ0n) is 12.4. The van der Waals surface area contributed by atoms with Crippen molar-refractivity contribution in [3.8, 4) is 0 Å². The lowest BCUT2D eigenvalue weighted by Gasteiger charge is -2.30. The Morgan fingerprint density at radius 2 is 2.27 bits per heavy atom. The average Bonchev–Trinajstić information content (AvgIpc) is 3.16. The largest absolute Gasteiger partial charge is 0.465 e. The van der Waals surface area contributed by atoms with E-state index in [1.54, 1.807) is 24.5 Å². The third kappa shape index (κ3) is 3.04. The summed E-state index contributed by atoms with van der Waals surface area (Å²) in [5.74, 6) is 2.02. The van der Waals surface area contributed by atoms with Gasteiger partial charge in [0.25, 0.3) is 0 Å². The molecule has 3 heterocycles. The number of H-pyrrole nitrogens is 1. The summed E-state index contributed by atoms with van der Waals surface area (Å²) in [7, 11) is 1.92. The van der Waals surface area contributed by atoms with Crippen LogP contribution in [0, 0.1) is 4.77 Å². The summed E-state index contributed by atoms with van der Waals surface area (Å²) < 4.78 is 7.72. The van der Waals surface area contributed by atoms with Crippen molar-refractivity contribution >= 4 is 24.2 Å². The summed E-state index contributed by atoms with van der Waals surface area (Å²) in [5.41, 5.74) is 0. The number of furan rings is 1. The summed E-state index contributed by atoms with van der Waals surface area (Å²) in [4.78, 5) is 14.0. The molecule has 116 valence electrons. The minimum Gasteiger partial charge on any atom is -0.465 e. The Kier molecular flexibility index (Phi) is 4.24. The predicted octanol–water partition coefficient (Wildman–Crippen LogP) is 2.49. The minimum atomic E-state index is 0.0187. The van der Waals surface area contributed by atoms with Gasteiger partial charge < -0.3 is 13.9 Å². The van der Waals surface area contributed by atoms with Crippen molar-refractivity contribution in [2.75, 3.05) is 13.1 Å². The Balaban J connectivity index is 1.58. The van der Waals surface area contributed by atoms with Gasteiger partial charge in [-0.25, -0.2) is 0 Å². The fraction of sp³-hybridized carbons (Fsp3) is 0.400. The Morgan fingerprint density at radius 1 is 1.50 bits per heavy atom. The molecule has 1 N–H and O–H groups in total. The van der Waals surface area contributed by atoms with Gasteiger partial charge in [-0.05, 0) is 43.3 Å². The molecule has 0 unspecified atom stereocenters. The van der Waals surface area contributed by atoms with Crippen LogP contribution in [0.4, 0.5) is 0 Å². The highest BCUT2D eigenvalue weighted by Crippen LogP contribution is 2.26. The van der Waals surface area contributed by atoms with E-state index in [4.69, 9.17) is 16.6 Å². The second-order valence-electron chi connectivity index (χ2n) is 5.39. The molecule has 6 nitrogen and oxygen atoms in total. The number of nitrogens with one attached hydrogen (secondary N) is 1. The monoisotopic (exact) mass is 318 g/mol. The molecule has 1 amide bonds. The number of amides is 1. The van der Waals surface area contributed by atoms with Crippen LogP contribution < -0.4 is 0 Å². The summed E-state index contributed by atoms with van der Waals surface area (Å²) in [6, 6.07) is 3.62. The number of hydrogen-bond donors (Lipinski definition) is 1. The maximum absolute atomic E-state index is 12.2. The lowest BCUT2D eigenvalue weighted by Crippen LogP contribution is -2.37. The molecule has 22 heavy (non-hydrogen) atoms. The number of nitrogens with zero attached hydrogens (tertiary/aromatic N) is 3. The van der Waals surface area contributed by atoms with Crippen molar-refractivity contribution in [3.63, 3.8) is 0 Å². The van der Waals surface area contributed by atoms with Crippen LogP contribution in [0.2, 0.25) is 0 Å². The molecular formula is C15H18N4O2S. The molecular weight excluding hydrogens is 300 g/mol. The highest BCUT2D eigenvalue weighted by Gasteiger charge is 2.25. The van der Waals surface area contributed by atoms with Gasteiger partial charge in [0.15, 0.2) is 4.77 Å². The second kappa shape index (κ2) is 6.31. The first kappa shape index (κ1) is 14.8. The van der Waals surface area contributed by atoms with Crippen LogP contribution in [0.25, 0.3) is 6.08 Å². The molecule has 0 saturated carbocycles. The lowest BCUT2D eigenvalue weighted by molar-refractivity contribution is -0.127. The van der Waals surface area contributed by atoms with E-state index < -0.39 is 0 Å². The van der Waals surface area contributed by atoms with Crippen LogP contribution in [-0.4, -0.2) is 38.7 Å². The topological polar surface area (TPSA) is 67.1 Å². The third-order valence-corrected chi connectivity index (χ3v) is 4.38. The van der Waals surface area contributed by atoms with Crippen LogP contribution in [0.15, 0.2) is 28.9 Å². The van der Waals surface area contributed by atoms with Crippen LogP contribution in [0.3, 0.4) is 0 Å². The number of carbonyl (C=O) groups excluding carboxylic acids is 1. The number of piperidine rings is 1. The zero-order chi connectivity index (χ0) is 15.5. The van der Waals surface area contributed by atoms with Gasteiger partial charge in [0.2, 0.25) is 5.91 Å². The van der Waals surface area contributed by atoms with E-state index in [1.807, 2.05) is 22.6 Å². The smallest absolute Gasteiger partial charge is 0.246 e. The number of aromatic amines is 1. The molecule has 1 aliphatic rings. The van der Waals surface area contributed by atoms with E-state index in [9.17, 15) is 4.79 Å². The van der Waals surface area contributed by atoms with Gasteiger partial charge in [0.1, 0.15) is 11.6 Å². The van der Waals surface area contributed by atoms with Crippen LogP contribution in [0.1, 0.15) is 30.3 Å². The predicted molar refractivity (Wildman–Crippen MR) is 84.7 cm³/mol. The zero-order valence-corrected chi connectivity index (χ0v) is 13.2. The molecule has 0 atom stereocenters. The summed E-state index contributed by atoms with van der Waals surface area (Å²) >= 11 is 5.14. The number of hydrogen-bond acceptors (Lipinski definition) is 4. The first-order valence-corrected chi connectivity index (χ1v) is 7.68. The molecule has 0 aliphatic carbocycles. The van der Waals surface area contributed by atoms with Gasteiger partial charge in [0.05, 0.1) is 6.26 Å². The highest BCUT2D eigenvalue weighted by atomic mass is 32.1. The number of likely N-dealkylation sites (tertiary alicyclic amines) is 1. The molecule has 0 aromatic carbocycles. The van der Waals surface area contributed by atoms with Crippen LogP contribution in [-0.2, 0) is 11.8 Å². The van der Waals surface area contributed by atoms with E-state index in [1.165, 1.54) is 0 Å². The van der Waals surface area contributed by atoms with Crippen molar-refractivity contribution < 1.29 is 9.21 Å². The molecule has 1 fully saturated rings. The Morgan fingerprint density at radius 3 is 2.86 bits per heavy atom. The van der Waals surface area contributed by atoms with Gasteiger partial charge in [-0.15, -0.1) is 0 Å². The molecule has 2 aromatic rings. The first-order valence-electron chi connectivity index (χ1n) is 7.27. The Bertz CT molecular complexity index is 721. The molecule has 1 aliphatic heterocycles. The van der Waals surface area contributed by atoms with Crippen LogP contribution >= 0.6 is 12.2 Å². The van der Waals surface area contributed by atoms with Gasteiger partial charge >= 0.3 is 0 Å². The van der Waals surface area contributed by atoms with E-state index in [-0.39, 0.29) is 5.91 Å². The van der Waals surface area contributed by atoms with Crippen LogP contribution in [0.5, 0.6) is 0 Å². The van der Waals surface area contributed by atoms with E-state index in [0.717, 1.165) is 31.8 Å². The maximum Gasteiger partial charge on any atom is 0.246 e. The van der Waals surface area contributed by atoms with Crippen molar-refractivity contribution in [1.82, 2.24) is 19.7 Å². The second-order valence-corrected chi connectivity index (χ2v) is 5.78. The minimum absolute atomic E-state index is 0.0187. The van der Waals surface area contributed by atoms with E-state index in [0.29, 0.717) is 16.4 Å². The molecule has 0 bridgehead atoms. The normalized spacial score (nSPS) is 16.5. The molecule has 0 spiro atoms. The van der Waals surface area contributed by atoms with Crippen molar-refractivity contribution in [2.45, 2.75) is 18.8 Å². The van der Waals surface area contributed by atoms with Gasteiger partial charge in [-0.3, -0.25) is 9.89 Å². The first-order chi connectivity index (χ1) is 10.6. The fourth-order valence-corrected chi connectivity index (χ4v) is 2.87. The highest BCUT2D eigenvalue weighted by molar-refractivity contribution is 7.71. The Hall–Kier alpha value is -2.15. The molecule has 2 aromatic heterocycles. The number of aromatic nitrogens is 3. The van der Waals surface area contributed by atoms with Crippen molar-refractivity contribution in [3.05, 3.63) is 40.8 Å². The third-order valence-electron chi connectivity index (χ3n) is 4.02. The van der Waals surface area contributed by atoms with Gasteiger partial charge in [0, 0.05) is 32.1 Å². The Labute approximate surface area is 133 Å². The lowest BCUT2D eigenvalue weighted by atomic mass is 9.96. The van der Waals surface area contributed by atoms with Crippen molar-refractivity contribution in [2.24, 2.45) is 7.05 Å². The molecule has 0 radical (unpaired) electrons. The summed E-state index contributed by atoms with van der Waals surface area (Å²) in [5, 5.41) is 7.11. The SMILES string of the molecule is Cn1c(C2CCN(C(=O)C=Cc3ccco3)CC2)n[nH]c1=S. The maximum atomic E-state index is 12.2. The van der Waals surface area contributed by atoms with Gasteiger partial charge in [-0.1, -0.05) is 0 Å². The molecule has 7 heteroatoms. The summed E-state index contributed by atoms with van der Waals surface area (Å²) in [6.07, 6.45) is 6.65. The summed E-state index contributed by atoms with van der Waals surface area (Å²) in [6.45, 7) is 1.46.